The number of hydrogen-bond acceptors (Lipinski definition) is 8. The topological polar surface area (TPSA) is 73.8 Å². The largest absolute Gasteiger partial charge is 0.766 e. The molecule has 0 saturated carbocycles. The summed E-state index contributed by atoms with van der Waals surface area (Å²) in [6.45, 7) is 4.40. The first kappa shape index (κ1) is 17.9. The molecule has 18 heavy (non-hydrogen) atoms. The lowest BCUT2D eigenvalue weighted by Crippen LogP contribution is -2.51. The Kier molecular flexibility index (Phi) is 10.7. The molecule has 0 aliphatic rings. The van der Waals surface area contributed by atoms with E-state index in [0.29, 0.717) is 13.0 Å². The monoisotopic (exact) mass is 286 g/mol. The first-order valence-electron chi connectivity index (χ1n) is 5.62. The van der Waals surface area contributed by atoms with Crippen LogP contribution < -0.4 is 0 Å². The molecule has 0 aromatic heterocycles. The fourth-order valence-electron chi connectivity index (χ4n) is 1.05. The van der Waals surface area contributed by atoms with E-state index in [4.69, 9.17) is 22.9 Å². The molecule has 110 valence electrons. The molecule has 1 unspecified atom stereocenters. The van der Waals surface area contributed by atoms with Crippen molar-refractivity contribution >= 4 is 9.05 Å². The van der Waals surface area contributed by atoms with Gasteiger partial charge in [0.1, 0.15) is 0 Å². The molecule has 0 bridgehead atoms. The van der Waals surface area contributed by atoms with E-state index in [1.807, 2.05) is 13.8 Å². The van der Waals surface area contributed by atoms with E-state index in [0.717, 1.165) is 6.42 Å². The fourth-order valence-corrected chi connectivity index (χ4v) is 2.42. The summed E-state index contributed by atoms with van der Waals surface area (Å²) in [7, 11) is 0.145. The summed E-state index contributed by atoms with van der Waals surface area (Å²) in [5, 5.41) is 0. The summed E-state index contributed by atoms with van der Waals surface area (Å²) in [6, 6.07) is 0. The zero-order valence-electron chi connectivity index (χ0n) is 11.5. The van der Waals surface area contributed by atoms with Crippen molar-refractivity contribution in [2.45, 2.75) is 33.0 Å². The molecule has 0 aliphatic heterocycles. The van der Waals surface area contributed by atoms with E-state index in [1.165, 1.54) is 21.3 Å². The third kappa shape index (κ3) is 6.73. The van der Waals surface area contributed by atoms with E-state index < -0.39 is 15.3 Å². The van der Waals surface area contributed by atoms with E-state index in [-0.39, 0.29) is 0 Å². The van der Waals surface area contributed by atoms with Crippen LogP contribution in [0, 0.1) is 0 Å². The highest BCUT2D eigenvalue weighted by atomic mass is 28.4. The lowest BCUT2D eigenvalue weighted by atomic mass is 10.5. The minimum absolute atomic E-state index is 0.538. The highest BCUT2D eigenvalue weighted by Gasteiger charge is 2.53. The molecule has 0 heterocycles. The lowest BCUT2D eigenvalue weighted by molar-refractivity contribution is -0.380. The van der Waals surface area contributed by atoms with Gasteiger partial charge in [-0.3, -0.25) is 0 Å². The maximum atomic E-state index is 5.49. The molecule has 8 nitrogen and oxygen atoms in total. The predicted octanol–water partition coefficient (Wildman–Crippen LogP) is 1.34. The maximum Gasteiger partial charge on any atom is 0.766 e. The van der Waals surface area contributed by atoms with Gasteiger partial charge in [0.2, 0.25) is 0 Å². The second-order valence-corrected chi connectivity index (χ2v) is 4.81. The van der Waals surface area contributed by atoms with Gasteiger partial charge in [-0.25, -0.2) is 14.7 Å². The Bertz CT molecular complexity index is 176. The van der Waals surface area contributed by atoms with Crippen molar-refractivity contribution < 1.29 is 37.6 Å². The summed E-state index contributed by atoms with van der Waals surface area (Å²) in [4.78, 5) is 13.6. The Morgan fingerprint density at radius 3 is 1.72 bits per heavy atom. The molecule has 1 atom stereocenters. The highest BCUT2D eigenvalue weighted by Crippen LogP contribution is 2.17. The van der Waals surface area contributed by atoms with Gasteiger partial charge in [-0.15, -0.1) is 0 Å². The van der Waals surface area contributed by atoms with E-state index in [9.17, 15) is 0 Å². The van der Waals surface area contributed by atoms with Gasteiger partial charge < -0.3 is 9.16 Å². The van der Waals surface area contributed by atoms with Crippen LogP contribution in [0.25, 0.3) is 0 Å². The smallest absolute Gasteiger partial charge is 0.353 e. The fraction of sp³-hybridized carbons (Fsp3) is 1.00. The average Bonchev–Trinajstić information content (AvgIpc) is 2.35. The molecule has 9 heteroatoms. The zero-order valence-corrected chi connectivity index (χ0v) is 12.5. The van der Waals surface area contributed by atoms with Crippen molar-refractivity contribution in [3.8, 4) is 0 Å². The van der Waals surface area contributed by atoms with Crippen LogP contribution in [0.4, 0.5) is 0 Å². The Hall–Kier alpha value is -0.103. The van der Waals surface area contributed by atoms with Crippen LogP contribution in [-0.4, -0.2) is 43.3 Å². The zero-order chi connectivity index (χ0) is 13.9. The number of ether oxygens (including phenoxy) is 1. The Morgan fingerprint density at radius 1 is 0.889 bits per heavy atom. The van der Waals surface area contributed by atoms with Gasteiger partial charge in [-0.05, 0) is 12.8 Å². The molecular formula is C9H22O8Si. The highest BCUT2D eigenvalue weighted by molar-refractivity contribution is 6.52. The normalized spacial score (nSPS) is 13.8. The molecule has 0 aliphatic carbocycles. The van der Waals surface area contributed by atoms with E-state index >= 15 is 0 Å². The first-order chi connectivity index (χ1) is 8.67. The third-order valence-corrected chi connectivity index (χ3v) is 3.34. The Morgan fingerprint density at radius 2 is 1.39 bits per heavy atom. The van der Waals surface area contributed by atoms with Crippen LogP contribution >= 0.6 is 0 Å². The molecule has 0 amide bonds. The minimum Gasteiger partial charge on any atom is -0.353 e. The van der Waals surface area contributed by atoms with Crippen LogP contribution in [-0.2, 0) is 37.6 Å². The van der Waals surface area contributed by atoms with Crippen LogP contribution in [0.15, 0.2) is 0 Å². The maximum absolute atomic E-state index is 5.49. The molecular weight excluding hydrogens is 264 g/mol. The summed E-state index contributed by atoms with van der Waals surface area (Å²) in [6.07, 6.45) is 0.856. The number of hydrogen-bond donors (Lipinski definition) is 0. The quantitative estimate of drug-likeness (QED) is 0.230. The van der Waals surface area contributed by atoms with Crippen molar-refractivity contribution in [3.63, 3.8) is 0 Å². The third-order valence-electron chi connectivity index (χ3n) is 1.67. The van der Waals surface area contributed by atoms with Gasteiger partial charge in [-0.1, -0.05) is 13.8 Å². The summed E-state index contributed by atoms with van der Waals surface area (Å²) in [5.74, 6) is 0. The first-order valence-corrected chi connectivity index (χ1v) is 7.26. The molecule has 0 radical (unpaired) electrons. The molecule has 0 N–H and O–H groups in total. The van der Waals surface area contributed by atoms with Gasteiger partial charge in [0, 0.05) is 6.61 Å². The predicted molar refractivity (Wildman–Crippen MR) is 61.4 cm³/mol. The summed E-state index contributed by atoms with van der Waals surface area (Å²) >= 11 is 0. The van der Waals surface area contributed by atoms with Gasteiger partial charge in [-0.2, -0.15) is 13.7 Å². The van der Waals surface area contributed by atoms with Crippen molar-refractivity contribution in [3.05, 3.63) is 0 Å². The lowest BCUT2D eigenvalue weighted by Gasteiger charge is -2.26. The van der Waals surface area contributed by atoms with E-state index in [1.54, 1.807) is 0 Å². The summed E-state index contributed by atoms with van der Waals surface area (Å²) in [5.41, 5.74) is 0. The minimum atomic E-state index is -3.72. The van der Waals surface area contributed by atoms with Gasteiger partial charge in [0.15, 0.2) is 6.29 Å². The summed E-state index contributed by atoms with van der Waals surface area (Å²) < 4.78 is 25.5. The molecule has 0 aromatic rings. The van der Waals surface area contributed by atoms with Gasteiger partial charge in [0.05, 0.1) is 21.3 Å². The van der Waals surface area contributed by atoms with Gasteiger partial charge >= 0.3 is 9.05 Å². The second-order valence-electron chi connectivity index (χ2n) is 3.08. The van der Waals surface area contributed by atoms with Crippen LogP contribution in [0.1, 0.15) is 26.7 Å². The van der Waals surface area contributed by atoms with Gasteiger partial charge in [0.25, 0.3) is 0 Å². The molecule has 0 saturated heterocycles. The van der Waals surface area contributed by atoms with Crippen molar-refractivity contribution in [1.29, 1.82) is 0 Å². The van der Waals surface area contributed by atoms with Crippen LogP contribution in [0.5, 0.6) is 0 Å². The molecule has 0 fully saturated rings. The molecule has 0 aromatic carbocycles. The van der Waals surface area contributed by atoms with Crippen molar-refractivity contribution in [2.75, 3.05) is 27.9 Å². The standard InChI is InChI=1S/C9H22O8Si/c1-6-8-13-9(7-2)14-18(15-10-3,16-11-4)17-12-5/h9H,6-8H2,1-5H3. The average molecular weight is 286 g/mol. The molecule has 0 rings (SSSR count). The van der Waals surface area contributed by atoms with Crippen molar-refractivity contribution in [2.24, 2.45) is 0 Å². The van der Waals surface area contributed by atoms with E-state index in [2.05, 4.69) is 14.7 Å². The SMILES string of the molecule is CCCOC(CC)O[Si](OOC)(OOC)OOC. The van der Waals surface area contributed by atoms with Crippen molar-refractivity contribution in [1.82, 2.24) is 0 Å². The Labute approximate surface area is 108 Å². The number of rotatable bonds is 12. The second kappa shape index (κ2) is 10.8. The molecule has 0 spiro atoms. The Balaban J connectivity index is 4.58. The van der Waals surface area contributed by atoms with Crippen LogP contribution in [0.3, 0.4) is 0 Å². The van der Waals surface area contributed by atoms with Crippen LogP contribution in [0.2, 0.25) is 0 Å².